The van der Waals surface area contributed by atoms with Crippen molar-refractivity contribution in [3.05, 3.63) is 44.5 Å². The fourth-order valence-electron chi connectivity index (χ4n) is 1.46. The largest absolute Gasteiger partial charge is 0.491 e. The van der Waals surface area contributed by atoms with Crippen LogP contribution in [0.1, 0.15) is 5.69 Å². The maximum atomic E-state index is 12.3. The van der Waals surface area contributed by atoms with Crippen molar-refractivity contribution in [3.8, 4) is 5.75 Å². The number of nitrogens with zero attached hydrogens (tertiary/aromatic N) is 1. The van der Waals surface area contributed by atoms with E-state index in [1.807, 2.05) is 0 Å². The first kappa shape index (κ1) is 13.1. The van der Waals surface area contributed by atoms with E-state index in [4.69, 9.17) is 0 Å². The van der Waals surface area contributed by atoms with Gasteiger partial charge in [0.25, 0.3) is 10.9 Å². The van der Waals surface area contributed by atoms with Gasteiger partial charge < -0.3 is 10.1 Å². The number of nitrogens with one attached hydrogen (secondary N) is 1. The lowest BCUT2D eigenvalue weighted by Gasteiger charge is -2.12. The average Bonchev–Trinajstić information content (AvgIpc) is 2.37. The first-order chi connectivity index (χ1) is 8.84. The lowest BCUT2D eigenvalue weighted by molar-refractivity contribution is -0.141. The van der Waals surface area contributed by atoms with Crippen molar-refractivity contribution in [2.24, 2.45) is 0 Å². The molecule has 0 bridgehead atoms. The molecule has 2 aromatic rings. The van der Waals surface area contributed by atoms with E-state index in [0.29, 0.717) is 0 Å². The predicted molar refractivity (Wildman–Crippen MR) is 60.4 cm³/mol. The first-order valence-electron chi connectivity index (χ1n) is 5.02. The number of hydrogen-bond acceptors (Lipinski definition) is 5. The lowest BCUT2D eigenvalue weighted by Crippen LogP contribution is -2.34. The molecule has 0 aliphatic rings. The van der Waals surface area contributed by atoms with Gasteiger partial charge in [0.05, 0.1) is 19.0 Å². The Bertz CT molecular complexity index is 670. The fraction of sp³-hybridized carbons (Fsp3) is 0.182. The molecule has 0 unspecified atom stereocenters. The van der Waals surface area contributed by atoms with E-state index >= 15 is 0 Å². The number of hydrogen-bond donors (Lipinski definition) is 1. The quantitative estimate of drug-likeness (QED) is 0.856. The highest BCUT2D eigenvalue weighted by atomic mass is 19.4. The van der Waals surface area contributed by atoms with Crippen LogP contribution in [-0.4, -0.2) is 12.1 Å². The number of methoxy groups -OCH3 is 1. The second-order valence-corrected chi connectivity index (χ2v) is 3.62. The van der Waals surface area contributed by atoms with Crippen LogP contribution in [-0.2, 0) is 6.18 Å². The highest BCUT2D eigenvalue weighted by Gasteiger charge is 2.32. The van der Waals surface area contributed by atoms with Crippen molar-refractivity contribution < 1.29 is 17.9 Å². The number of halogens is 3. The van der Waals surface area contributed by atoms with E-state index in [-0.39, 0.29) is 17.1 Å². The van der Waals surface area contributed by atoms with Crippen LogP contribution >= 0.6 is 0 Å². The Morgan fingerprint density at radius 1 is 1.21 bits per heavy atom. The van der Waals surface area contributed by atoms with Gasteiger partial charge in [-0.2, -0.15) is 13.2 Å². The van der Waals surface area contributed by atoms with Crippen LogP contribution < -0.4 is 20.9 Å². The van der Waals surface area contributed by atoms with E-state index in [2.05, 4.69) is 15.0 Å². The summed E-state index contributed by atoms with van der Waals surface area (Å²) in [5, 5.41) is 2.49. The van der Waals surface area contributed by atoms with Crippen molar-refractivity contribution in [3.63, 3.8) is 0 Å². The van der Waals surface area contributed by atoms with E-state index in [9.17, 15) is 22.8 Å². The van der Waals surface area contributed by atoms with Crippen LogP contribution in [0.25, 0.3) is 0 Å². The van der Waals surface area contributed by atoms with Gasteiger partial charge in [0.1, 0.15) is 11.4 Å². The average molecular weight is 272 g/mol. The molecular formula is C11H7F3N2O3. The third-order valence-electron chi connectivity index (χ3n) is 2.39. The molecule has 0 amide bonds. The standard InChI is InChI=1S/C11H7F3N2O3/c1-19-10-7(8(17)9(10)18)16-5-2-3-6(15-4-5)11(12,13)14/h2-4,16H,1H3. The molecule has 1 N–H and O–H groups in total. The molecule has 0 aliphatic heterocycles. The Hall–Kier alpha value is -2.38. The Labute approximate surface area is 104 Å². The number of alkyl halides is 3. The smallest absolute Gasteiger partial charge is 0.433 e. The number of pyridine rings is 1. The number of aromatic nitrogens is 1. The minimum Gasteiger partial charge on any atom is -0.491 e. The molecule has 19 heavy (non-hydrogen) atoms. The molecule has 100 valence electrons. The molecule has 0 fully saturated rings. The summed E-state index contributed by atoms with van der Waals surface area (Å²) in [4.78, 5) is 25.5. The molecule has 0 saturated heterocycles. The molecule has 0 saturated carbocycles. The second-order valence-electron chi connectivity index (χ2n) is 3.62. The van der Waals surface area contributed by atoms with Gasteiger partial charge >= 0.3 is 6.18 Å². The molecule has 8 heteroatoms. The summed E-state index contributed by atoms with van der Waals surface area (Å²) in [7, 11) is 1.21. The maximum absolute atomic E-state index is 12.3. The molecule has 2 rings (SSSR count). The molecule has 0 aliphatic carbocycles. The van der Waals surface area contributed by atoms with Crippen molar-refractivity contribution in [1.82, 2.24) is 4.98 Å². The van der Waals surface area contributed by atoms with Crippen molar-refractivity contribution >= 4 is 11.4 Å². The van der Waals surface area contributed by atoms with Gasteiger partial charge in [-0.1, -0.05) is 0 Å². The minimum absolute atomic E-state index is 0.0888. The number of rotatable bonds is 3. The molecule has 0 radical (unpaired) electrons. The van der Waals surface area contributed by atoms with Gasteiger partial charge in [-0.25, -0.2) is 4.98 Å². The van der Waals surface area contributed by atoms with Crippen LogP contribution in [0.2, 0.25) is 0 Å². The fourth-order valence-corrected chi connectivity index (χ4v) is 1.46. The van der Waals surface area contributed by atoms with Gasteiger partial charge in [0.2, 0.25) is 0 Å². The lowest BCUT2D eigenvalue weighted by atomic mass is 10.2. The summed E-state index contributed by atoms with van der Waals surface area (Å²) < 4.78 is 41.5. The molecular weight excluding hydrogens is 265 g/mol. The third-order valence-corrected chi connectivity index (χ3v) is 2.39. The topological polar surface area (TPSA) is 68.3 Å². The van der Waals surface area contributed by atoms with Crippen LogP contribution in [0.4, 0.5) is 24.5 Å². The highest BCUT2D eigenvalue weighted by Crippen LogP contribution is 2.28. The van der Waals surface area contributed by atoms with Crippen molar-refractivity contribution in [2.45, 2.75) is 6.18 Å². The van der Waals surface area contributed by atoms with E-state index in [1.165, 1.54) is 7.11 Å². The van der Waals surface area contributed by atoms with Gasteiger partial charge in [-0.3, -0.25) is 9.59 Å². The Morgan fingerprint density at radius 2 is 1.89 bits per heavy atom. The van der Waals surface area contributed by atoms with Gasteiger partial charge in [0.15, 0.2) is 5.75 Å². The molecule has 0 spiro atoms. The molecule has 0 atom stereocenters. The van der Waals surface area contributed by atoms with Crippen molar-refractivity contribution in [2.75, 3.05) is 12.4 Å². The first-order valence-corrected chi connectivity index (χ1v) is 5.02. The Kier molecular flexibility index (Phi) is 3.01. The van der Waals surface area contributed by atoms with Crippen molar-refractivity contribution in [1.29, 1.82) is 0 Å². The third kappa shape index (κ3) is 2.28. The second kappa shape index (κ2) is 4.38. The van der Waals surface area contributed by atoms with E-state index < -0.39 is 22.7 Å². The van der Waals surface area contributed by atoms with Crippen LogP contribution in [0, 0.1) is 0 Å². The zero-order valence-corrected chi connectivity index (χ0v) is 9.54. The Balaban J connectivity index is 2.23. The summed E-state index contributed by atoms with van der Waals surface area (Å²) in [5.41, 5.74) is -2.54. The molecule has 1 aromatic heterocycles. The molecule has 1 aromatic carbocycles. The van der Waals surface area contributed by atoms with Crippen LogP contribution in [0.3, 0.4) is 0 Å². The minimum atomic E-state index is -4.53. The Morgan fingerprint density at radius 3 is 2.37 bits per heavy atom. The summed E-state index contributed by atoms with van der Waals surface area (Å²) in [6, 6.07) is 1.87. The number of ether oxygens (including phenoxy) is 1. The summed E-state index contributed by atoms with van der Waals surface area (Å²) in [5.74, 6) is -0.148. The predicted octanol–water partition coefficient (Wildman–Crippen LogP) is 1.45. The summed E-state index contributed by atoms with van der Waals surface area (Å²) in [6.07, 6.45) is -3.61. The monoisotopic (exact) mass is 272 g/mol. The summed E-state index contributed by atoms with van der Waals surface area (Å²) in [6.45, 7) is 0. The van der Waals surface area contributed by atoms with Gasteiger partial charge in [0, 0.05) is 0 Å². The zero-order chi connectivity index (χ0) is 14.2. The normalized spacial score (nSPS) is 11.6. The molecule has 1 heterocycles. The zero-order valence-electron chi connectivity index (χ0n) is 9.54. The summed E-state index contributed by atoms with van der Waals surface area (Å²) >= 11 is 0. The van der Waals surface area contributed by atoms with E-state index in [1.54, 1.807) is 0 Å². The van der Waals surface area contributed by atoms with Gasteiger partial charge in [-0.15, -0.1) is 0 Å². The SMILES string of the molecule is COc1c(Nc2ccc(C(F)(F)F)nc2)c(=O)c1=O. The van der Waals surface area contributed by atoms with E-state index in [0.717, 1.165) is 18.3 Å². The highest BCUT2D eigenvalue weighted by molar-refractivity contribution is 5.69. The maximum Gasteiger partial charge on any atom is 0.433 e. The van der Waals surface area contributed by atoms with Crippen LogP contribution in [0.15, 0.2) is 27.9 Å². The number of anilines is 2. The van der Waals surface area contributed by atoms with Crippen LogP contribution in [0.5, 0.6) is 5.75 Å². The van der Waals surface area contributed by atoms with Gasteiger partial charge in [-0.05, 0) is 12.1 Å². The molecule has 5 nitrogen and oxygen atoms in total.